The van der Waals surface area contributed by atoms with Crippen molar-refractivity contribution in [3.05, 3.63) is 115 Å². The smallest absolute Gasteiger partial charge is 0.263 e. The van der Waals surface area contributed by atoms with Crippen LogP contribution in [0.15, 0.2) is 114 Å². The zero-order chi connectivity index (χ0) is 30.3. The number of hydrogen-bond donors (Lipinski definition) is 2. The van der Waals surface area contributed by atoms with Crippen LogP contribution < -0.4 is 15.5 Å². The van der Waals surface area contributed by atoms with Crippen LogP contribution in [0.4, 0.5) is 17.3 Å². The Morgan fingerprint density at radius 3 is 1.91 bits per heavy atom. The van der Waals surface area contributed by atoms with Gasteiger partial charge in [-0.05, 0) is 36.7 Å². The maximum absolute atomic E-state index is 13.6. The highest BCUT2D eigenvalue weighted by Crippen LogP contribution is 2.27. The van der Waals surface area contributed by atoms with Gasteiger partial charge in [-0.25, -0.2) is 18.4 Å². The van der Waals surface area contributed by atoms with Crippen molar-refractivity contribution in [2.45, 2.75) is 18.6 Å². The molecule has 7 rings (SSSR count). The van der Waals surface area contributed by atoms with E-state index in [2.05, 4.69) is 27.1 Å². The number of hydrogen-bond acceptors (Lipinski definition) is 7. The van der Waals surface area contributed by atoms with Crippen LogP contribution in [0, 0.1) is 6.92 Å². The highest BCUT2D eigenvalue weighted by molar-refractivity contribution is 7.92. The van der Waals surface area contributed by atoms with Crippen molar-refractivity contribution in [1.29, 1.82) is 0 Å². The molecule has 7 aromatic rings. The number of benzene rings is 3. The third-order valence-electron chi connectivity index (χ3n) is 7.39. The second-order valence-corrected chi connectivity index (χ2v) is 12.0. The van der Waals surface area contributed by atoms with E-state index in [0.717, 1.165) is 40.8 Å². The van der Waals surface area contributed by atoms with E-state index in [0.29, 0.717) is 28.7 Å². The molecular formula is C32H27BN8O2S. The maximum atomic E-state index is 13.6. The molecule has 4 aromatic heterocycles. The topological polar surface area (TPSA) is 119 Å². The van der Waals surface area contributed by atoms with Gasteiger partial charge in [0.1, 0.15) is 11.6 Å². The molecule has 0 saturated heterocycles. The summed E-state index contributed by atoms with van der Waals surface area (Å²) in [7, 11) is -3.16. The average Bonchev–Trinajstić information content (AvgIpc) is 3.65. The molecule has 0 bridgehead atoms. The Morgan fingerprint density at radius 1 is 0.705 bits per heavy atom. The van der Waals surface area contributed by atoms with E-state index < -0.39 is 10.0 Å². The summed E-state index contributed by atoms with van der Waals surface area (Å²) in [6.45, 7) is 3.96. The van der Waals surface area contributed by atoms with E-state index in [-0.39, 0.29) is 4.90 Å². The highest BCUT2D eigenvalue weighted by Gasteiger charge is 2.19. The van der Waals surface area contributed by atoms with Crippen LogP contribution >= 0.6 is 0 Å². The van der Waals surface area contributed by atoms with E-state index in [1.807, 2.05) is 79.9 Å². The molecule has 0 aliphatic rings. The van der Waals surface area contributed by atoms with Gasteiger partial charge in [0.25, 0.3) is 10.0 Å². The summed E-state index contributed by atoms with van der Waals surface area (Å²) >= 11 is 0. The molecule has 216 valence electrons. The monoisotopic (exact) mass is 598 g/mol. The number of fused-ring (bicyclic) bond motifs is 2. The third kappa shape index (κ3) is 5.05. The molecular weight excluding hydrogens is 571 g/mol. The Labute approximate surface area is 254 Å². The summed E-state index contributed by atoms with van der Waals surface area (Å²) in [6.07, 6.45) is 3.49. The second kappa shape index (κ2) is 11.0. The summed E-state index contributed by atoms with van der Waals surface area (Å²) < 4.78 is 33.1. The molecule has 44 heavy (non-hydrogen) atoms. The summed E-state index contributed by atoms with van der Waals surface area (Å²) in [5.74, 6) is 1.01. The Kier molecular flexibility index (Phi) is 6.82. The van der Waals surface area contributed by atoms with Crippen molar-refractivity contribution in [1.82, 2.24) is 29.2 Å². The van der Waals surface area contributed by atoms with Crippen LogP contribution in [0.3, 0.4) is 0 Å². The van der Waals surface area contributed by atoms with Crippen LogP contribution in [-0.2, 0) is 10.0 Å². The fourth-order valence-corrected chi connectivity index (χ4v) is 6.10. The highest BCUT2D eigenvalue weighted by atomic mass is 32.2. The predicted molar refractivity (Wildman–Crippen MR) is 175 cm³/mol. The third-order valence-corrected chi connectivity index (χ3v) is 8.76. The van der Waals surface area contributed by atoms with E-state index in [4.69, 9.17) is 9.97 Å². The molecule has 12 heteroatoms. The van der Waals surface area contributed by atoms with E-state index >= 15 is 0 Å². The number of nitrogens with one attached hydrogen (secondary N) is 2. The van der Waals surface area contributed by atoms with Crippen LogP contribution in [0.1, 0.15) is 5.56 Å². The van der Waals surface area contributed by atoms with Gasteiger partial charge in [-0.3, -0.25) is 4.72 Å². The normalized spacial score (nSPS) is 11.6. The first-order chi connectivity index (χ1) is 21.4. The van der Waals surface area contributed by atoms with Gasteiger partial charge >= 0.3 is 0 Å². The van der Waals surface area contributed by atoms with Gasteiger partial charge in [0.2, 0.25) is 0 Å². The summed E-state index contributed by atoms with van der Waals surface area (Å²) in [4.78, 5) is 9.70. The van der Waals surface area contributed by atoms with Crippen molar-refractivity contribution < 1.29 is 8.42 Å². The first-order valence-electron chi connectivity index (χ1n) is 14.1. The average molecular weight is 599 g/mol. The Morgan fingerprint density at radius 2 is 1.27 bits per heavy atom. The number of anilines is 3. The molecule has 2 N–H and O–H groups in total. The molecule has 0 atom stereocenters. The quantitative estimate of drug-likeness (QED) is 0.235. The van der Waals surface area contributed by atoms with E-state index in [9.17, 15) is 8.42 Å². The zero-order valence-corrected chi connectivity index (χ0v) is 24.8. The lowest BCUT2D eigenvalue weighted by Crippen LogP contribution is -2.16. The first-order valence-corrected chi connectivity index (χ1v) is 15.6. The van der Waals surface area contributed by atoms with Crippen LogP contribution in [-0.4, -0.2) is 44.9 Å². The summed E-state index contributed by atoms with van der Waals surface area (Å²) in [5.41, 5.74) is 7.23. The minimum Gasteiger partial charge on any atom is -0.340 e. The van der Waals surface area contributed by atoms with E-state index in [1.54, 1.807) is 41.0 Å². The van der Waals surface area contributed by atoms with Gasteiger partial charge in [-0.1, -0.05) is 67.5 Å². The molecule has 0 aliphatic heterocycles. The SMILES string of the molecule is CBc1cnn2c(Nc3ccc(S(=O)(=O)Nc4cc(-c5ccccc5)nc5c(C)cnn45)cc3)cc(-c3ccccc3)nc12. The summed E-state index contributed by atoms with van der Waals surface area (Å²) in [5, 5.41) is 12.3. The largest absolute Gasteiger partial charge is 0.340 e. The number of sulfonamides is 1. The second-order valence-electron chi connectivity index (χ2n) is 10.4. The molecule has 0 fully saturated rings. The van der Waals surface area contributed by atoms with Gasteiger partial charge in [-0.15, -0.1) is 0 Å². The molecule has 0 amide bonds. The summed E-state index contributed by atoms with van der Waals surface area (Å²) in [6, 6.07) is 29.8. The molecule has 0 radical (unpaired) electrons. The number of rotatable bonds is 8. The number of nitrogens with zero attached hydrogens (tertiary/aromatic N) is 6. The van der Waals surface area contributed by atoms with Crippen molar-refractivity contribution >= 4 is 51.4 Å². The molecule has 3 aromatic carbocycles. The van der Waals surface area contributed by atoms with Crippen molar-refractivity contribution in [3.8, 4) is 22.5 Å². The standard InChI is InChI=1S/C32H27BN8O2S/c1-21-19-34-41-30(18-28(37-31(21)41)23-11-7-4-8-12-23)39-44(42,43)25-15-13-24(14-16-25)36-29-17-27(22-9-5-3-6-10-22)38-32-26(33-2)20-35-40(29)32/h3-20,33,36,39H,1-2H3. The number of aromatic nitrogens is 6. The first kappa shape index (κ1) is 27.4. The molecule has 4 heterocycles. The zero-order valence-electron chi connectivity index (χ0n) is 24.0. The molecule has 0 aliphatic carbocycles. The van der Waals surface area contributed by atoms with Gasteiger partial charge in [-0.2, -0.15) is 19.2 Å². The predicted octanol–water partition coefficient (Wildman–Crippen LogP) is 5.07. The van der Waals surface area contributed by atoms with Crippen LogP contribution in [0.25, 0.3) is 33.8 Å². The van der Waals surface area contributed by atoms with E-state index in [1.165, 1.54) is 4.52 Å². The fraction of sp³-hybridized carbons (Fsp3) is 0.0625. The molecule has 0 unspecified atom stereocenters. The number of aryl methyl sites for hydroxylation is 1. The van der Waals surface area contributed by atoms with Crippen molar-refractivity contribution in [2.24, 2.45) is 0 Å². The fourth-order valence-electron chi connectivity index (χ4n) is 5.07. The van der Waals surface area contributed by atoms with Crippen LogP contribution in [0.2, 0.25) is 6.82 Å². The van der Waals surface area contributed by atoms with Gasteiger partial charge in [0, 0.05) is 40.7 Å². The van der Waals surface area contributed by atoms with Crippen molar-refractivity contribution in [3.63, 3.8) is 0 Å². The molecule has 0 saturated carbocycles. The van der Waals surface area contributed by atoms with Gasteiger partial charge in [0.15, 0.2) is 18.6 Å². The lowest BCUT2D eigenvalue weighted by atomic mass is 9.75. The van der Waals surface area contributed by atoms with Gasteiger partial charge in [0.05, 0.1) is 22.5 Å². The maximum Gasteiger partial charge on any atom is 0.263 e. The molecule has 10 nitrogen and oxygen atoms in total. The Hall–Kier alpha value is -5.49. The Bertz CT molecular complexity index is 2230. The van der Waals surface area contributed by atoms with Crippen molar-refractivity contribution in [2.75, 3.05) is 10.0 Å². The lowest BCUT2D eigenvalue weighted by Gasteiger charge is -2.13. The lowest BCUT2D eigenvalue weighted by molar-refractivity contribution is 0.601. The minimum atomic E-state index is -3.96. The minimum absolute atomic E-state index is 0.107. The van der Waals surface area contributed by atoms with Crippen LogP contribution in [0.5, 0.6) is 0 Å². The molecule has 0 spiro atoms. The van der Waals surface area contributed by atoms with Gasteiger partial charge < -0.3 is 5.32 Å². The Balaban J connectivity index is 1.20.